The zero-order chi connectivity index (χ0) is 25.3. The Balaban J connectivity index is 1.74. The van der Waals surface area contributed by atoms with Crippen LogP contribution in [0, 0.1) is 18.3 Å². The topological polar surface area (TPSA) is 129 Å². The van der Waals surface area contributed by atoms with E-state index in [1.807, 2.05) is 24.9 Å². The van der Waals surface area contributed by atoms with Crippen LogP contribution in [0.5, 0.6) is 11.5 Å². The molecule has 1 fully saturated rings. The molecule has 1 saturated heterocycles. The van der Waals surface area contributed by atoms with Crippen molar-refractivity contribution in [2.75, 3.05) is 27.8 Å². The third-order valence-corrected chi connectivity index (χ3v) is 8.29. The van der Waals surface area contributed by atoms with Gasteiger partial charge in [0.15, 0.2) is 23.0 Å². The predicted molar refractivity (Wildman–Crippen MR) is 127 cm³/mol. The van der Waals surface area contributed by atoms with Crippen molar-refractivity contribution in [2.24, 2.45) is 5.73 Å². The van der Waals surface area contributed by atoms with Gasteiger partial charge in [-0.25, -0.2) is 0 Å². The summed E-state index contributed by atoms with van der Waals surface area (Å²) in [4.78, 5) is 31.0. The van der Waals surface area contributed by atoms with Crippen LogP contribution in [0.15, 0.2) is 28.5 Å². The Morgan fingerprint density at radius 1 is 1.17 bits per heavy atom. The van der Waals surface area contributed by atoms with Crippen LogP contribution in [-0.4, -0.2) is 78.5 Å². The Morgan fingerprint density at radius 3 is 2.49 bits per heavy atom. The van der Waals surface area contributed by atoms with Crippen molar-refractivity contribution in [2.45, 2.75) is 56.9 Å². The summed E-state index contributed by atoms with van der Waals surface area (Å²) in [7, 11) is 4.86. The minimum absolute atomic E-state index is 0.0386. The number of nitriles is 1. The second kappa shape index (κ2) is 8.19. The number of aryl methyl sites for hydroxylation is 1. The van der Waals surface area contributed by atoms with Gasteiger partial charge >= 0.3 is 0 Å². The molecule has 1 aliphatic carbocycles. The van der Waals surface area contributed by atoms with Crippen LogP contribution >= 0.6 is 0 Å². The lowest BCUT2D eigenvalue weighted by molar-refractivity contribution is -0.122. The van der Waals surface area contributed by atoms with Crippen LogP contribution in [0.25, 0.3) is 0 Å². The van der Waals surface area contributed by atoms with Gasteiger partial charge in [0.1, 0.15) is 6.04 Å². The van der Waals surface area contributed by atoms with Crippen molar-refractivity contribution in [3.8, 4) is 17.6 Å². The zero-order valence-electron chi connectivity index (χ0n) is 20.6. The highest BCUT2D eigenvalue weighted by atomic mass is 16.5. The summed E-state index contributed by atoms with van der Waals surface area (Å²) < 4.78 is 10.8. The van der Waals surface area contributed by atoms with Crippen molar-refractivity contribution in [1.82, 2.24) is 9.80 Å². The number of piperazine rings is 1. The van der Waals surface area contributed by atoms with E-state index in [1.165, 1.54) is 14.2 Å². The van der Waals surface area contributed by atoms with Crippen LogP contribution < -0.4 is 10.5 Å². The van der Waals surface area contributed by atoms with Gasteiger partial charge in [0.2, 0.25) is 5.78 Å². The van der Waals surface area contributed by atoms with Gasteiger partial charge in [-0.2, -0.15) is 5.26 Å². The number of phenolic OH excluding ortho intramolecular Hbond substituents is 1. The zero-order valence-corrected chi connectivity index (χ0v) is 20.6. The molecule has 3 heterocycles. The third-order valence-electron chi connectivity index (χ3n) is 8.29. The molecule has 0 saturated carbocycles. The molecular weight excluding hydrogens is 448 g/mol. The van der Waals surface area contributed by atoms with E-state index in [-0.39, 0.29) is 59.7 Å². The number of hydrogen-bond donors (Lipinski definition) is 2. The lowest BCUT2D eigenvalue weighted by Gasteiger charge is -2.60. The first-order valence-corrected chi connectivity index (χ1v) is 11.8. The molecule has 9 heteroatoms. The summed E-state index contributed by atoms with van der Waals surface area (Å²) in [5.74, 6) is -0.0230. The number of carbonyl (C=O) groups is 2. The van der Waals surface area contributed by atoms with Gasteiger partial charge in [0.25, 0.3) is 0 Å². The molecule has 35 heavy (non-hydrogen) atoms. The van der Waals surface area contributed by atoms with Crippen molar-refractivity contribution >= 4 is 11.6 Å². The van der Waals surface area contributed by atoms with E-state index >= 15 is 0 Å². The monoisotopic (exact) mass is 478 g/mol. The fraction of sp³-hybridized carbons (Fsp3) is 0.500. The van der Waals surface area contributed by atoms with Gasteiger partial charge in [-0.1, -0.05) is 6.07 Å². The van der Waals surface area contributed by atoms with Crippen molar-refractivity contribution in [3.63, 3.8) is 0 Å². The van der Waals surface area contributed by atoms with Gasteiger partial charge in [-0.15, -0.1) is 0 Å². The number of Topliss-reactive ketones (excluding diaryl/α,β-unsaturated/α-hetero) is 2. The number of hydrogen-bond acceptors (Lipinski definition) is 9. The van der Waals surface area contributed by atoms with Crippen LogP contribution in [0.2, 0.25) is 0 Å². The molecular formula is C26H30N4O5. The molecule has 9 nitrogen and oxygen atoms in total. The first-order chi connectivity index (χ1) is 16.7. The number of likely N-dealkylation sites (N-methyl/N-ethyl adjacent to an activating group) is 1. The maximum absolute atomic E-state index is 13.4. The fourth-order valence-corrected chi connectivity index (χ4v) is 6.84. The molecule has 2 bridgehead atoms. The van der Waals surface area contributed by atoms with Crippen molar-refractivity contribution in [1.29, 1.82) is 5.26 Å². The molecule has 2 unspecified atom stereocenters. The molecule has 5 rings (SSSR count). The normalized spacial score (nSPS) is 30.5. The Bertz CT molecular complexity index is 1260. The van der Waals surface area contributed by atoms with Gasteiger partial charge in [-0.3, -0.25) is 19.4 Å². The van der Waals surface area contributed by atoms with Gasteiger partial charge in [0.05, 0.1) is 32.4 Å². The molecule has 1 aromatic carbocycles. The molecule has 0 spiro atoms. The minimum Gasteiger partial charge on any atom is -0.504 e. The molecule has 184 valence electrons. The number of nitrogens with two attached hydrogens (primary N) is 1. The summed E-state index contributed by atoms with van der Waals surface area (Å²) in [6.07, 6.45) is 0.820. The summed E-state index contributed by atoms with van der Waals surface area (Å²) in [5, 5.41) is 21.6. The average molecular weight is 479 g/mol. The van der Waals surface area contributed by atoms with E-state index in [2.05, 4.69) is 11.0 Å². The Kier molecular flexibility index (Phi) is 5.51. The van der Waals surface area contributed by atoms with E-state index < -0.39 is 12.1 Å². The number of rotatable bonds is 3. The summed E-state index contributed by atoms with van der Waals surface area (Å²) >= 11 is 0. The SMILES string of the molecule is COC1=C(C)C(=O)C2=C(C1=O)[C@H](CN)N1C(C2)C2c3c(cc(C)c(OC)c3O)C[C@@H]([C@@H]1C#N)N2C. The van der Waals surface area contributed by atoms with Crippen molar-refractivity contribution in [3.05, 3.63) is 45.2 Å². The highest BCUT2D eigenvalue weighted by Crippen LogP contribution is 2.53. The number of aromatic hydroxyl groups is 1. The lowest BCUT2D eigenvalue weighted by atomic mass is 9.69. The average Bonchev–Trinajstić information content (AvgIpc) is 2.83. The number of allylic oxidation sites excluding steroid dienone is 2. The second-order valence-electron chi connectivity index (χ2n) is 9.78. The number of methoxy groups -OCH3 is 2. The number of nitrogens with zero attached hydrogens (tertiary/aromatic N) is 3. The molecule has 3 N–H and O–H groups in total. The van der Waals surface area contributed by atoms with Crippen molar-refractivity contribution < 1.29 is 24.2 Å². The summed E-state index contributed by atoms with van der Waals surface area (Å²) in [6, 6.07) is 2.48. The lowest BCUT2D eigenvalue weighted by Crippen LogP contribution is -2.71. The highest BCUT2D eigenvalue weighted by molar-refractivity contribution is 6.25. The number of ether oxygens (including phenoxy) is 2. The minimum atomic E-state index is -0.613. The van der Waals surface area contributed by atoms with E-state index in [9.17, 15) is 20.0 Å². The number of phenols is 1. The molecule has 1 aromatic rings. The maximum atomic E-state index is 13.4. The molecule has 5 atom stereocenters. The van der Waals surface area contributed by atoms with Crippen LogP contribution in [0.3, 0.4) is 0 Å². The molecule has 0 aromatic heterocycles. The molecule has 4 aliphatic rings. The number of ketones is 2. The fourth-order valence-electron chi connectivity index (χ4n) is 6.84. The van der Waals surface area contributed by atoms with Gasteiger partial charge < -0.3 is 20.3 Å². The van der Waals surface area contributed by atoms with Gasteiger partial charge in [-0.05, 0) is 44.9 Å². The first kappa shape index (κ1) is 23.5. The van der Waals surface area contributed by atoms with Crippen LogP contribution in [-0.2, 0) is 20.7 Å². The number of fused-ring (bicyclic) bond motifs is 6. The molecule has 0 amide bonds. The quantitative estimate of drug-likeness (QED) is 0.617. The second-order valence-corrected chi connectivity index (χ2v) is 9.78. The number of carbonyl (C=O) groups excluding carboxylic acids is 2. The smallest absolute Gasteiger partial charge is 0.225 e. The third kappa shape index (κ3) is 2.97. The first-order valence-electron chi connectivity index (χ1n) is 11.8. The van der Waals surface area contributed by atoms with Crippen LogP contribution in [0.4, 0.5) is 0 Å². The standard InChI is InChI=1S/C26H30N4O5/c1-11-6-13-7-15-17(9-27)30-16(21(29(15)3)19(13)23(32)25(11)34-4)8-14-20(18(30)10-28)24(33)26(35-5)12(2)22(14)31/h6,15-18,21,32H,7-8,10,28H2,1-5H3/t15-,16?,17-,18-,21?/m0/s1. The van der Waals surface area contributed by atoms with E-state index in [4.69, 9.17) is 15.2 Å². The van der Waals surface area contributed by atoms with Crippen LogP contribution in [0.1, 0.15) is 36.1 Å². The predicted octanol–water partition coefficient (Wildman–Crippen LogP) is 1.28. The van der Waals surface area contributed by atoms with Gasteiger partial charge in [0, 0.05) is 40.9 Å². The Labute approximate surface area is 204 Å². The maximum Gasteiger partial charge on any atom is 0.225 e. The largest absolute Gasteiger partial charge is 0.504 e. The molecule has 3 aliphatic heterocycles. The number of benzene rings is 1. The summed E-state index contributed by atoms with van der Waals surface area (Å²) in [6.45, 7) is 3.56. The van der Waals surface area contributed by atoms with E-state index in [0.717, 1.165) is 16.7 Å². The van der Waals surface area contributed by atoms with E-state index in [1.54, 1.807) is 6.92 Å². The Hall–Kier alpha value is -3.19. The highest BCUT2D eigenvalue weighted by Gasteiger charge is 2.57. The molecule has 0 radical (unpaired) electrons. The summed E-state index contributed by atoms with van der Waals surface area (Å²) in [5.41, 5.74) is 9.84. The Morgan fingerprint density at radius 2 is 1.89 bits per heavy atom. The van der Waals surface area contributed by atoms with E-state index in [0.29, 0.717) is 23.3 Å².